The molecule has 27 heavy (non-hydrogen) atoms. The number of halogens is 1. The summed E-state index contributed by atoms with van der Waals surface area (Å²) in [7, 11) is 2.24. The Labute approximate surface area is 169 Å². The van der Waals surface area contributed by atoms with Gasteiger partial charge in [0.2, 0.25) is 0 Å². The molecule has 148 valence electrons. The van der Waals surface area contributed by atoms with E-state index in [0.717, 1.165) is 37.0 Å². The number of benzene rings is 1. The van der Waals surface area contributed by atoms with E-state index in [1.807, 2.05) is 23.0 Å². The van der Waals surface area contributed by atoms with Gasteiger partial charge in [0.15, 0.2) is 0 Å². The second-order valence-electron chi connectivity index (χ2n) is 8.30. The van der Waals surface area contributed by atoms with Crippen LogP contribution in [0.4, 0.5) is 0 Å². The normalized spacial score (nSPS) is 18.5. The maximum Gasteiger partial charge on any atom is 0.0534 e. The summed E-state index contributed by atoms with van der Waals surface area (Å²) in [5.41, 5.74) is 2.68. The number of likely N-dealkylation sites (tertiary alicyclic amines) is 1. The van der Waals surface area contributed by atoms with Crippen molar-refractivity contribution in [2.75, 3.05) is 33.2 Å². The van der Waals surface area contributed by atoms with E-state index < -0.39 is 0 Å². The molecule has 0 bridgehead atoms. The Morgan fingerprint density at radius 3 is 2.70 bits per heavy atom. The third kappa shape index (κ3) is 6.34. The van der Waals surface area contributed by atoms with E-state index in [1.165, 1.54) is 37.1 Å². The fourth-order valence-electron chi connectivity index (χ4n) is 4.00. The van der Waals surface area contributed by atoms with Crippen LogP contribution in [-0.2, 0) is 13.0 Å². The van der Waals surface area contributed by atoms with Crippen molar-refractivity contribution >= 4 is 11.6 Å². The van der Waals surface area contributed by atoms with Crippen molar-refractivity contribution in [3.8, 4) is 0 Å². The Morgan fingerprint density at radius 1 is 1.22 bits per heavy atom. The van der Waals surface area contributed by atoms with E-state index in [4.69, 9.17) is 11.6 Å². The van der Waals surface area contributed by atoms with E-state index in [1.54, 1.807) is 0 Å². The first-order valence-electron chi connectivity index (χ1n) is 10.2. The minimum Gasteiger partial charge on any atom is -0.303 e. The highest BCUT2D eigenvalue weighted by atomic mass is 35.5. The van der Waals surface area contributed by atoms with E-state index in [0.29, 0.717) is 6.04 Å². The first kappa shape index (κ1) is 20.4. The summed E-state index contributed by atoms with van der Waals surface area (Å²) in [5.74, 6) is 0.758. The highest BCUT2D eigenvalue weighted by Gasteiger charge is 2.21. The van der Waals surface area contributed by atoms with Crippen LogP contribution >= 0.6 is 11.6 Å². The fourth-order valence-corrected chi connectivity index (χ4v) is 4.13. The molecule has 3 rings (SSSR count). The predicted octanol–water partition coefficient (Wildman–Crippen LogP) is 4.50. The minimum absolute atomic E-state index is 0.427. The molecule has 4 nitrogen and oxygen atoms in total. The number of nitrogens with zero attached hydrogens (tertiary/aromatic N) is 4. The van der Waals surface area contributed by atoms with E-state index >= 15 is 0 Å². The molecule has 1 atom stereocenters. The summed E-state index contributed by atoms with van der Waals surface area (Å²) in [5, 5.41) is 5.28. The molecule has 0 saturated carbocycles. The van der Waals surface area contributed by atoms with Crippen molar-refractivity contribution in [2.24, 2.45) is 5.92 Å². The van der Waals surface area contributed by atoms with Gasteiger partial charge in [0, 0.05) is 49.0 Å². The summed E-state index contributed by atoms with van der Waals surface area (Å²) in [6.07, 6.45) is 7.95. The van der Waals surface area contributed by atoms with E-state index in [-0.39, 0.29) is 0 Å². The molecule has 2 heterocycles. The molecule has 0 radical (unpaired) electrons. The monoisotopic (exact) mass is 388 g/mol. The van der Waals surface area contributed by atoms with Crippen LogP contribution in [0, 0.1) is 5.92 Å². The van der Waals surface area contributed by atoms with Crippen LogP contribution in [0.3, 0.4) is 0 Å². The van der Waals surface area contributed by atoms with Gasteiger partial charge in [-0.15, -0.1) is 0 Å². The van der Waals surface area contributed by atoms with Gasteiger partial charge in [-0.1, -0.05) is 23.7 Å². The van der Waals surface area contributed by atoms with Gasteiger partial charge in [-0.3, -0.25) is 4.68 Å². The number of aromatic nitrogens is 2. The lowest BCUT2D eigenvalue weighted by Gasteiger charge is -2.34. The van der Waals surface area contributed by atoms with Crippen LogP contribution in [0.2, 0.25) is 5.02 Å². The number of piperidine rings is 1. The molecular weight excluding hydrogens is 356 g/mol. The lowest BCUT2D eigenvalue weighted by Crippen LogP contribution is -2.40. The lowest BCUT2D eigenvalue weighted by molar-refractivity contribution is 0.142. The van der Waals surface area contributed by atoms with E-state index in [2.05, 4.69) is 54.1 Å². The SMILES string of the molecule is CC(C)n1cc(CN(C)CC2CCCN(CCc3ccc(Cl)cc3)C2)cn1. The maximum absolute atomic E-state index is 5.98. The molecule has 5 heteroatoms. The summed E-state index contributed by atoms with van der Waals surface area (Å²) in [6.45, 7) is 10.1. The standard InChI is InChI=1S/C22H33ClN4/c1-18(2)27-17-21(13-24-27)15-25(3)14-20-5-4-11-26(16-20)12-10-19-6-8-22(23)9-7-19/h6-9,13,17-18,20H,4-5,10-12,14-16H2,1-3H3. The van der Waals surface area contributed by atoms with Crippen molar-refractivity contribution in [3.63, 3.8) is 0 Å². The molecule has 0 spiro atoms. The van der Waals surface area contributed by atoms with Crippen LogP contribution in [-0.4, -0.2) is 52.8 Å². The Balaban J connectivity index is 1.43. The molecule has 2 aromatic rings. The van der Waals surface area contributed by atoms with Gasteiger partial charge in [0.05, 0.1) is 6.20 Å². The molecule has 0 N–H and O–H groups in total. The van der Waals surface area contributed by atoms with Crippen molar-refractivity contribution in [1.29, 1.82) is 0 Å². The number of rotatable bonds is 8. The Hall–Kier alpha value is -1.36. The fraction of sp³-hybridized carbons (Fsp3) is 0.591. The molecule has 1 aliphatic heterocycles. The van der Waals surface area contributed by atoms with Gasteiger partial charge in [0.25, 0.3) is 0 Å². The van der Waals surface area contributed by atoms with Crippen molar-refractivity contribution in [2.45, 2.75) is 45.7 Å². The molecule has 0 aliphatic carbocycles. The zero-order chi connectivity index (χ0) is 19.2. The van der Waals surface area contributed by atoms with Crippen molar-refractivity contribution in [1.82, 2.24) is 19.6 Å². The summed E-state index contributed by atoms with van der Waals surface area (Å²) >= 11 is 5.98. The van der Waals surface area contributed by atoms with Crippen LogP contribution in [0.1, 0.15) is 43.9 Å². The summed E-state index contributed by atoms with van der Waals surface area (Å²) < 4.78 is 2.04. The third-order valence-electron chi connectivity index (χ3n) is 5.44. The van der Waals surface area contributed by atoms with Crippen LogP contribution in [0.5, 0.6) is 0 Å². The van der Waals surface area contributed by atoms with Gasteiger partial charge in [0.1, 0.15) is 0 Å². The average molecular weight is 389 g/mol. The Kier molecular flexibility index (Phi) is 7.33. The molecule has 1 aliphatic rings. The molecular formula is C22H33ClN4. The Morgan fingerprint density at radius 2 is 2.00 bits per heavy atom. The molecule has 1 unspecified atom stereocenters. The zero-order valence-electron chi connectivity index (χ0n) is 16.9. The molecule has 1 fully saturated rings. The average Bonchev–Trinajstić information content (AvgIpc) is 3.10. The highest BCUT2D eigenvalue weighted by molar-refractivity contribution is 6.30. The summed E-state index contributed by atoms with van der Waals surface area (Å²) in [6, 6.07) is 8.71. The van der Waals surface area contributed by atoms with Crippen LogP contribution in [0.15, 0.2) is 36.7 Å². The van der Waals surface area contributed by atoms with E-state index in [9.17, 15) is 0 Å². The second kappa shape index (κ2) is 9.72. The van der Waals surface area contributed by atoms with Gasteiger partial charge in [-0.05, 0) is 70.3 Å². The molecule has 1 aromatic heterocycles. The van der Waals surface area contributed by atoms with Gasteiger partial charge in [-0.2, -0.15) is 5.10 Å². The second-order valence-corrected chi connectivity index (χ2v) is 8.74. The minimum atomic E-state index is 0.427. The van der Waals surface area contributed by atoms with Crippen molar-refractivity contribution < 1.29 is 0 Å². The third-order valence-corrected chi connectivity index (χ3v) is 5.69. The molecule has 1 aromatic carbocycles. The molecule has 0 amide bonds. The number of hydrogen-bond acceptors (Lipinski definition) is 3. The van der Waals surface area contributed by atoms with Gasteiger partial charge in [-0.25, -0.2) is 0 Å². The predicted molar refractivity (Wildman–Crippen MR) is 113 cm³/mol. The molecule has 1 saturated heterocycles. The zero-order valence-corrected chi connectivity index (χ0v) is 17.7. The first-order chi connectivity index (χ1) is 13.0. The quantitative estimate of drug-likeness (QED) is 0.665. The highest BCUT2D eigenvalue weighted by Crippen LogP contribution is 2.19. The summed E-state index contributed by atoms with van der Waals surface area (Å²) in [4.78, 5) is 5.09. The maximum atomic E-state index is 5.98. The van der Waals surface area contributed by atoms with Crippen LogP contribution in [0.25, 0.3) is 0 Å². The van der Waals surface area contributed by atoms with Gasteiger partial charge >= 0.3 is 0 Å². The smallest absolute Gasteiger partial charge is 0.0534 e. The first-order valence-corrected chi connectivity index (χ1v) is 10.6. The topological polar surface area (TPSA) is 24.3 Å². The van der Waals surface area contributed by atoms with Crippen LogP contribution < -0.4 is 0 Å². The lowest BCUT2D eigenvalue weighted by atomic mass is 9.97. The van der Waals surface area contributed by atoms with Crippen molar-refractivity contribution in [3.05, 3.63) is 52.8 Å². The Bertz CT molecular complexity index is 695. The largest absolute Gasteiger partial charge is 0.303 e. The number of hydrogen-bond donors (Lipinski definition) is 0. The van der Waals surface area contributed by atoms with Gasteiger partial charge < -0.3 is 9.80 Å².